The van der Waals surface area contributed by atoms with Gasteiger partial charge in [-0.25, -0.2) is 9.59 Å². The fraction of sp³-hybridized carbons (Fsp3) is 0.750. The summed E-state index contributed by atoms with van der Waals surface area (Å²) in [6.07, 6.45) is -3.83. The molecule has 1 fully saturated rings. The predicted octanol–water partition coefficient (Wildman–Crippen LogP) is -1.75. The van der Waals surface area contributed by atoms with E-state index in [0.29, 0.717) is 6.42 Å². The summed E-state index contributed by atoms with van der Waals surface area (Å²) in [6, 6.07) is 0. The number of carbonyl (C=O) groups excluding carboxylic acids is 2. The maximum Gasteiger partial charge on any atom is 0.373 e. The summed E-state index contributed by atoms with van der Waals surface area (Å²) in [5.41, 5.74) is 0. The first-order valence-electron chi connectivity index (χ1n) is 4.44. The number of hydrogen-bond acceptors (Lipinski definition) is 7. The fourth-order valence-corrected chi connectivity index (χ4v) is 1.13. The first-order chi connectivity index (χ1) is 6.89. The molecular weight excluding hydrogens is 208 g/mol. The second kappa shape index (κ2) is 4.13. The molecule has 0 aliphatic carbocycles. The summed E-state index contributed by atoms with van der Waals surface area (Å²) >= 11 is 0. The molecule has 1 rings (SSSR count). The molecule has 0 aromatic carbocycles. The third-order valence-corrected chi connectivity index (χ3v) is 1.87. The smallest absolute Gasteiger partial charge is 0.373 e. The van der Waals surface area contributed by atoms with Crippen LogP contribution < -0.4 is 0 Å². The minimum atomic E-state index is -2.40. The maximum absolute atomic E-state index is 11.0. The zero-order chi connectivity index (χ0) is 11.6. The number of ether oxygens (including phenoxy) is 2. The van der Waals surface area contributed by atoms with Gasteiger partial charge in [0, 0.05) is 0 Å². The van der Waals surface area contributed by atoms with Crippen LogP contribution in [0.15, 0.2) is 0 Å². The fourth-order valence-electron chi connectivity index (χ4n) is 1.13. The summed E-state index contributed by atoms with van der Waals surface area (Å²) in [5, 5.41) is 27.6. The highest BCUT2D eigenvalue weighted by molar-refractivity contribution is 5.86. The van der Waals surface area contributed by atoms with Crippen LogP contribution in [0.5, 0.6) is 0 Å². The van der Waals surface area contributed by atoms with Gasteiger partial charge in [-0.1, -0.05) is 6.92 Å². The summed E-state index contributed by atoms with van der Waals surface area (Å²) in [4.78, 5) is 22.1. The second-order valence-corrected chi connectivity index (χ2v) is 3.19. The maximum atomic E-state index is 11.0. The predicted molar refractivity (Wildman–Crippen MR) is 44.1 cm³/mol. The molecule has 7 nitrogen and oxygen atoms in total. The highest BCUT2D eigenvalue weighted by Crippen LogP contribution is 2.22. The first kappa shape index (κ1) is 11.9. The summed E-state index contributed by atoms with van der Waals surface area (Å²) in [5.74, 6) is -5.00. The van der Waals surface area contributed by atoms with E-state index in [1.807, 2.05) is 0 Å². The molecule has 1 aliphatic heterocycles. The Morgan fingerprint density at radius 2 is 1.60 bits per heavy atom. The molecule has 1 heterocycles. The molecule has 0 radical (unpaired) electrons. The largest absolute Gasteiger partial charge is 0.396 e. The lowest BCUT2D eigenvalue weighted by Crippen LogP contribution is -2.38. The van der Waals surface area contributed by atoms with E-state index in [4.69, 9.17) is 10.2 Å². The van der Waals surface area contributed by atoms with Crippen LogP contribution >= 0.6 is 0 Å². The van der Waals surface area contributed by atoms with Crippen LogP contribution in [0.2, 0.25) is 0 Å². The third-order valence-electron chi connectivity index (χ3n) is 1.87. The molecule has 86 valence electrons. The van der Waals surface area contributed by atoms with Gasteiger partial charge in [-0.3, -0.25) is 0 Å². The van der Waals surface area contributed by atoms with E-state index in [0.717, 1.165) is 0 Å². The van der Waals surface area contributed by atoms with E-state index in [2.05, 4.69) is 9.47 Å². The Bertz CT molecular complexity index is 252. The van der Waals surface area contributed by atoms with Gasteiger partial charge < -0.3 is 24.8 Å². The number of aliphatic hydroxyl groups is 3. The van der Waals surface area contributed by atoms with Crippen molar-refractivity contribution in [2.24, 2.45) is 0 Å². The summed E-state index contributed by atoms with van der Waals surface area (Å²) < 4.78 is 8.71. The van der Waals surface area contributed by atoms with E-state index in [-0.39, 0.29) is 6.42 Å². The molecule has 0 aromatic rings. The molecule has 0 saturated carbocycles. The monoisotopic (exact) mass is 220 g/mol. The molecular formula is C8H12O7. The van der Waals surface area contributed by atoms with Gasteiger partial charge in [-0.05, 0) is 6.42 Å². The normalized spacial score (nSPS) is 36.8. The van der Waals surface area contributed by atoms with Gasteiger partial charge in [0.25, 0.3) is 0 Å². The van der Waals surface area contributed by atoms with E-state index < -0.39 is 30.1 Å². The van der Waals surface area contributed by atoms with E-state index in [1.54, 1.807) is 6.92 Å². The number of cyclic esters (lactones) is 2. The number of hydrogen-bond donors (Lipinski definition) is 3. The van der Waals surface area contributed by atoms with Crippen molar-refractivity contribution in [1.82, 2.24) is 0 Å². The van der Waals surface area contributed by atoms with Crippen LogP contribution in [0.1, 0.15) is 19.8 Å². The van der Waals surface area contributed by atoms with Crippen LogP contribution in [0.4, 0.5) is 0 Å². The van der Waals surface area contributed by atoms with E-state index >= 15 is 0 Å². The zero-order valence-corrected chi connectivity index (χ0v) is 8.04. The van der Waals surface area contributed by atoms with Crippen LogP contribution in [0.25, 0.3) is 0 Å². The van der Waals surface area contributed by atoms with E-state index in [9.17, 15) is 14.7 Å². The van der Waals surface area contributed by atoms with Crippen LogP contribution in [-0.2, 0) is 19.1 Å². The summed E-state index contributed by atoms with van der Waals surface area (Å²) in [7, 11) is 0. The lowest BCUT2D eigenvalue weighted by atomic mass is 10.2. The van der Waals surface area contributed by atoms with Crippen molar-refractivity contribution in [1.29, 1.82) is 0 Å². The van der Waals surface area contributed by atoms with Gasteiger partial charge in [0.2, 0.25) is 0 Å². The van der Waals surface area contributed by atoms with Crippen molar-refractivity contribution in [3.8, 4) is 0 Å². The van der Waals surface area contributed by atoms with Gasteiger partial charge >= 0.3 is 17.9 Å². The van der Waals surface area contributed by atoms with Crippen molar-refractivity contribution in [3.63, 3.8) is 0 Å². The van der Waals surface area contributed by atoms with Crippen LogP contribution in [0, 0.1) is 0 Å². The third kappa shape index (κ3) is 2.44. The lowest BCUT2D eigenvalue weighted by molar-refractivity contribution is -0.325. The second-order valence-electron chi connectivity index (χ2n) is 3.19. The molecule has 15 heavy (non-hydrogen) atoms. The molecule has 0 aromatic heterocycles. The Morgan fingerprint density at radius 1 is 1.20 bits per heavy atom. The van der Waals surface area contributed by atoms with Gasteiger partial charge in [-0.2, -0.15) is 0 Å². The Hall–Kier alpha value is -1.18. The average molecular weight is 220 g/mol. The van der Waals surface area contributed by atoms with Crippen molar-refractivity contribution in [2.75, 3.05) is 0 Å². The Balaban J connectivity index is 2.89. The topological polar surface area (TPSA) is 113 Å². The van der Waals surface area contributed by atoms with Gasteiger partial charge in [0.15, 0.2) is 12.2 Å². The van der Waals surface area contributed by atoms with Crippen molar-refractivity contribution in [3.05, 3.63) is 0 Å². The van der Waals surface area contributed by atoms with Crippen LogP contribution in [-0.4, -0.2) is 45.4 Å². The van der Waals surface area contributed by atoms with Gasteiger partial charge in [0.1, 0.15) is 0 Å². The highest BCUT2D eigenvalue weighted by Gasteiger charge is 2.47. The zero-order valence-electron chi connectivity index (χ0n) is 8.04. The summed E-state index contributed by atoms with van der Waals surface area (Å²) in [6.45, 7) is 1.66. The standard InChI is InChI=1S/C8H12O7/c1-2-3-8(13)14-6(11)4(9)5(10)7(12)15-8/h4-5,9-10,13H,2-3H2,1H3. The van der Waals surface area contributed by atoms with Gasteiger partial charge in [-0.15, -0.1) is 0 Å². The molecule has 0 spiro atoms. The molecule has 2 atom stereocenters. The Kier molecular flexibility index (Phi) is 3.28. The molecule has 0 bridgehead atoms. The SMILES string of the molecule is CCCC1(O)OC(=O)C(O)C(O)C(=O)O1. The number of esters is 2. The van der Waals surface area contributed by atoms with E-state index in [1.165, 1.54) is 0 Å². The van der Waals surface area contributed by atoms with Crippen molar-refractivity contribution >= 4 is 11.9 Å². The minimum absolute atomic E-state index is 0.135. The molecule has 1 aliphatic rings. The average Bonchev–Trinajstić information content (AvgIpc) is 2.19. The molecule has 3 N–H and O–H groups in total. The molecule has 2 unspecified atom stereocenters. The number of aliphatic hydroxyl groups excluding tert-OH is 2. The minimum Gasteiger partial charge on any atom is -0.396 e. The molecule has 7 heteroatoms. The Labute approximate surface area is 85.2 Å². The van der Waals surface area contributed by atoms with Gasteiger partial charge in [0.05, 0.1) is 6.42 Å². The number of rotatable bonds is 2. The van der Waals surface area contributed by atoms with Crippen molar-refractivity contribution in [2.45, 2.75) is 37.9 Å². The molecule has 1 saturated heterocycles. The quantitative estimate of drug-likeness (QED) is 0.473. The van der Waals surface area contributed by atoms with Crippen molar-refractivity contribution < 1.29 is 34.4 Å². The number of carbonyl (C=O) groups is 2. The molecule has 0 amide bonds. The Morgan fingerprint density at radius 3 is 1.93 bits per heavy atom. The van der Waals surface area contributed by atoms with Crippen LogP contribution in [0.3, 0.4) is 0 Å². The lowest BCUT2D eigenvalue weighted by Gasteiger charge is -2.23. The highest BCUT2D eigenvalue weighted by atomic mass is 16.8. The first-order valence-corrected chi connectivity index (χ1v) is 4.44.